The number of benzene rings is 3. The molecule has 0 unspecified atom stereocenters. The van der Waals surface area contributed by atoms with Gasteiger partial charge < -0.3 is 0 Å². The Morgan fingerprint density at radius 3 is 1.97 bits per heavy atom. The summed E-state index contributed by atoms with van der Waals surface area (Å²) in [6, 6.07) is 30.6. The maximum atomic E-state index is 2.64. The zero-order valence-corrected chi connectivity index (χ0v) is 26.0. The molecule has 0 spiro atoms. The summed E-state index contributed by atoms with van der Waals surface area (Å²) < 4.78 is 3.11. The minimum atomic E-state index is 0.148. The summed E-state index contributed by atoms with van der Waals surface area (Å²) >= 11 is 2.19. The van der Waals surface area contributed by atoms with Gasteiger partial charge in [-0.2, -0.15) is 0 Å². The molecule has 3 aromatic carbocycles. The van der Waals surface area contributed by atoms with Crippen molar-refractivity contribution in [1.29, 1.82) is 0 Å². The Morgan fingerprint density at radius 2 is 1.28 bits per heavy atom. The van der Waals surface area contributed by atoms with Crippen LogP contribution < -0.4 is 0 Å². The van der Waals surface area contributed by atoms with E-state index in [1.54, 1.807) is 20.0 Å². The van der Waals surface area contributed by atoms with Gasteiger partial charge in [-0.1, -0.05) is 0 Å². The quantitative estimate of drug-likeness (QED) is 0.0994. The van der Waals surface area contributed by atoms with E-state index in [4.69, 9.17) is 0 Å². The Bertz CT molecular complexity index is 1530. The molecule has 6 rings (SSSR count). The van der Waals surface area contributed by atoms with Crippen LogP contribution >= 0.6 is 11.3 Å². The van der Waals surface area contributed by atoms with Gasteiger partial charge in [0.2, 0.25) is 0 Å². The molecular weight excluding hydrogens is 555 g/mol. The number of rotatable bonds is 12. The predicted octanol–water partition coefficient (Wildman–Crippen LogP) is 11.5. The summed E-state index contributed by atoms with van der Waals surface area (Å²) in [4.78, 5) is 1.44. The molecule has 0 bridgehead atoms. The third-order valence-electron chi connectivity index (χ3n) is 8.81. The van der Waals surface area contributed by atoms with Crippen molar-refractivity contribution in [3.63, 3.8) is 0 Å². The SMILES string of the molecule is CCCCCCC1(CCCCCC)c2ccccc2-c2ccc(-c3[se]c(-c4cccs4)c4ccccc34)cc21. The Hall–Kier alpha value is -2.38. The van der Waals surface area contributed by atoms with E-state index in [9.17, 15) is 0 Å². The fraction of sp³-hybridized carbons (Fsp3) is 0.351. The van der Waals surface area contributed by atoms with Gasteiger partial charge in [0.25, 0.3) is 0 Å². The topological polar surface area (TPSA) is 0 Å². The molecule has 5 aromatic rings. The average Bonchev–Trinajstić information content (AvgIpc) is 3.70. The zero-order chi connectivity index (χ0) is 26.7. The third-order valence-corrected chi connectivity index (χ3v) is 12.7. The fourth-order valence-electron chi connectivity index (χ4n) is 6.86. The molecule has 0 saturated carbocycles. The van der Waals surface area contributed by atoms with Crippen LogP contribution in [0.25, 0.3) is 41.2 Å². The van der Waals surface area contributed by atoms with Gasteiger partial charge in [0, 0.05) is 0 Å². The van der Waals surface area contributed by atoms with Crippen molar-refractivity contribution in [2.24, 2.45) is 0 Å². The normalized spacial score (nSPS) is 13.6. The van der Waals surface area contributed by atoms with Crippen LogP contribution in [-0.2, 0) is 5.41 Å². The van der Waals surface area contributed by atoms with Crippen LogP contribution in [0.2, 0.25) is 0 Å². The summed E-state index contributed by atoms with van der Waals surface area (Å²) in [5, 5.41) is 5.12. The number of unbranched alkanes of at least 4 members (excludes halogenated alkanes) is 6. The van der Waals surface area contributed by atoms with Crippen LogP contribution in [0.5, 0.6) is 0 Å². The first kappa shape index (κ1) is 26.8. The van der Waals surface area contributed by atoms with Crippen LogP contribution in [-0.4, -0.2) is 14.5 Å². The van der Waals surface area contributed by atoms with Crippen molar-refractivity contribution in [3.05, 3.63) is 95.4 Å². The van der Waals surface area contributed by atoms with E-state index in [1.807, 2.05) is 11.3 Å². The maximum absolute atomic E-state index is 2.64. The molecule has 0 nitrogen and oxygen atoms in total. The molecule has 0 N–H and O–H groups in total. The number of thiophene rings is 1. The minimum absolute atomic E-state index is 0.148. The van der Waals surface area contributed by atoms with Crippen molar-refractivity contribution in [2.75, 3.05) is 0 Å². The monoisotopic (exact) mass is 596 g/mol. The van der Waals surface area contributed by atoms with E-state index in [2.05, 4.69) is 98.1 Å². The van der Waals surface area contributed by atoms with Gasteiger partial charge >= 0.3 is 246 Å². The van der Waals surface area contributed by atoms with Crippen LogP contribution in [0.1, 0.15) is 89.2 Å². The van der Waals surface area contributed by atoms with Gasteiger partial charge in [0.15, 0.2) is 0 Å². The third kappa shape index (κ3) is 5.01. The number of hydrogen-bond acceptors (Lipinski definition) is 1. The van der Waals surface area contributed by atoms with Gasteiger partial charge in [-0.05, 0) is 0 Å². The first-order valence-electron chi connectivity index (χ1n) is 15.1. The fourth-order valence-corrected chi connectivity index (χ4v) is 10.6. The van der Waals surface area contributed by atoms with Crippen molar-refractivity contribution in [1.82, 2.24) is 0 Å². The molecule has 1 aliphatic rings. The summed E-state index contributed by atoms with van der Waals surface area (Å²) in [6.07, 6.45) is 13.2. The molecule has 1 aliphatic carbocycles. The second kappa shape index (κ2) is 12.0. The van der Waals surface area contributed by atoms with Gasteiger partial charge in [0.05, 0.1) is 0 Å². The van der Waals surface area contributed by atoms with Gasteiger partial charge in [0.1, 0.15) is 0 Å². The van der Waals surface area contributed by atoms with Crippen molar-refractivity contribution >= 4 is 36.6 Å². The molecule has 39 heavy (non-hydrogen) atoms. The van der Waals surface area contributed by atoms with Crippen molar-refractivity contribution in [2.45, 2.75) is 83.5 Å². The van der Waals surface area contributed by atoms with Crippen LogP contribution in [0.3, 0.4) is 0 Å². The first-order chi connectivity index (χ1) is 19.3. The summed E-state index contributed by atoms with van der Waals surface area (Å²) in [5.74, 6) is 0. The van der Waals surface area contributed by atoms with Gasteiger partial charge in [-0.15, -0.1) is 0 Å². The Labute approximate surface area is 244 Å². The molecule has 200 valence electrons. The van der Waals surface area contributed by atoms with E-state index in [0.717, 1.165) is 0 Å². The molecule has 0 saturated heterocycles. The molecule has 0 aliphatic heterocycles. The molecule has 0 radical (unpaired) electrons. The Balaban J connectivity index is 1.49. The Morgan fingerprint density at radius 1 is 0.615 bits per heavy atom. The van der Waals surface area contributed by atoms with Crippen LogP contribution in [0.15, 0.2) is 84.2 Å². The standard InChI is InChI=1S/C37H40SSe/c1-3-5-7-13-23-37(24-14-8-6-4-2)32-19-12-11-16-28(32)29-22-21-27(26-33(29)37)35-30-17-9-10-18-31(30)36(39-35)34-20-15-25-38-34/h9-12,15-22,25-26H,3-8,13-14,23-24H2,1-2H3. The van der Waals surface area contributed by atoms with Crippen LogP contribution in [0.4, 0.5) is 0 Å². The summed E-state index contributed by atoms with van der Waals surface area (Å²) in [5.41, 5.74) is 7.78. The van der Waals surface area contributed by atoms with E-state index >= 15 is 0 Å². The Kier molecular flexibility index (Phi) is 8.26. The first-order valence-corrected chi connectivity index (χ1v) is 17.7. The molecule has 2 heterocycles. The molecule has 0 fully saturated rings. The van der Waals surface area contributed by atoms with E-state index in [1.165, 1.54) is 96.5 Å². The number of fused-ring (bicyclic) bond motifs is 4. The van der Waals surface area contributed by atoms with Crippen LogP contribution in [0, 0.1) is 0 Å². The second-order valence-electron chi connectivity index (χ2n) is 11.3. The van der Waals surface area contributed by atoms with Crippen molar-refractivity contribution < 1.29 is 0 Å². The van der Waals surface area contributed by atoms with E-state index in [0.29, 0.717) is 14.5 Å². The summed E-state index contributed by atoms with van der Waals surface area (Å²) in [7, 11) is 0. The molecule has 2 aromatic heterocycles. The zero-order valence-electron chi connectivity index (χ0n) is 23.5. The number of hydrogen-bond donors (Lipinski definition) is 0. The second-order valence-corrected chi connectivity index (χ2v) is 14.4. The molecular formula is C37H40SSe. The summed E-state index contributed by atoms with van der Waals surface area (Å²) in [6.45, 7) is 4.65. The van der Waals surface area contributed by atoms with Gasteiger partial charge in [-0.3, -0.25) is 0 Å². The molecule has 0 atom stereocenters. The van der Waals surface area contributed by atoms with E-state index in [-0.39, 0.29) is 5.41 Å². The van der Waals surface area contributed by atoms with E-state index < -0.39 is 0 Å². The molecule has 2 heteroatoms. The predicted molar refractivity (Wildman–Crippen MR) is 173 cm³/mol. The average molecular weight is 596 g/mol. The molecule has 0 amide bonds. The van der Waals surface area contributed by atoms with Crippen molar-refractivity contribution in [3.8, 4) is 30.4 Å². The van der Waals surface area contributed by atoms with Gasteiger partial charge in [-0.25, -0.2) is 0 Å².